The number of carbonyl (C=O) groups excluding carboxylic acids is 1. The van der Waals surface area contributed by atoms with Crippen LogP contribution in [0.2, 0.25) is 0 Å². The molecule has 0 saturated heterocycles. The summed E-state index contributed by atoms with van der Waals surface area (Å²) in [6.45, 7) is 0. The van der Waals surface area contributed by atoms with Crippen molar-refractivity contribution in [3.8, 4) is 0 Å². The minimum atomic E-state index is 0.351. The molecule has 0 heterocycles. The van der Waals surface area contributed by atoms with Crippen LogP contribution in [0.3, 0.4) is 0 Å². The first-order valence-corrected chi connectivity index (χ1v) is 6.25. The minimum Gasteiger partial charge on any atom is -0.294 e. The van der Waals surface area contributed by atoms with Gasteiger partial charge in [0, 0.05) is 11.2 Å². The Kier molecular flexibility index (Phi) is 3.22. The van der Waals surface area contributed by atoms with E-state index in [0.717, 1.165) is 24.8 Å². The Labute approximate surface area is 93.4 Å². The molecule has 0 amide bonds. The summed E-state index contributed by atoms with van der Waals surface area (Å²) in [6, 6.07) is 0. The standard InChI is InChI=1S/C12H15BrO/c13-10-5-1-3-9-4-2-6-12(14)11(9)8-7-10/h2,4,10H,1,3,5-8H2. The van der Waals surface area contributed by atoms with Crippen molar-refractivity contribution in [3.05, 3.63) is 23.3 Å². The molecule has 0 aromatic heterocycles. The lowest BCUT2D eigenvalue weighted by Gasteiger charge is -2.20. The molecule has 2 aliphatic rings. The number of ketones is 1. The Bertz CT molecular complexity index is 301. The lowest BCUT2D eigenvalue weighted by atomic mass is 9.87. The van der Waals surface area contributed by atoms with E-state index in [4.69, 9.17) is 0 Å². The van der Waals surface area contributed by atoms with E-state index in [-0.39, 0.29) is 0 Å². The molecule has 0 spiro atoms. The molecule has 2 rings (SSSR count). The fraction of sp³-hybridized carbons (Fsp3) is 0.583. The zero-order valence-corrected chi connectivity index (χ0v) is 9.85. The first-order chi connectivity index (χ1) is 6.77. The van der Waals surface area contributed by atoms with Crippen LogP contribution < -0.4 is 0 Å². The third-order valence-corrected chi connectivity index (χ3v) is 3.93. The third-order valence-electron chi connectivity index (χ3n) is 3.02. The fourth-order valence-electron chi connectivity index (χ4n) is 2.20. The molecule has 0 N–H and O–H groups in total. The van der Waals surface area contributed by atoms with Crippen molar-refractivity contribution in [2.24, 2.45) is 0 Å². The average molecular weight is 255 g/mol. The SMILES string of the molecule is O=C1CC=CC2=C1CCC(Br)CCC2. The highest BCUT2D eigenvalue weighted by Crippen LogP contribution is 2.30. The number of Topliss-reactive ketones (excluding diaryl/α,β-unsaturated/α-hetero) is 1. The summed E-state index contributed by atoms with van der Waals surface area (Å²) in [5.74, 6) is 0.351. The summed E-state index contributed by atoms with van der Waals surface area (Å²) in [5.41, 5.74) is 2.41. The van der Waals surface area contributed by atoms with Gasteiger partial charge in [-0.2, -0.15) is 0 Å². The van der Waals surface area contributed by atoms with Gasteiger partial charge in [-0.3, -0.25) is 4.79 Å². The van der Waals surface area contributed by atoms with Gasteiger partial charge in [-0.25, -0.2) is 0 Å². The van der Waals surface area contributed by atoms with Crippen LogP contribution in [0.1, 0.15) is 38.5 Å². The topological polar surface area (TPSA) is 17.1 Å². The number of rotatable bonds is 0. The summed E-state index contributed by atoms with van der Waals surface area (Å²) < 4.78 is 0. The van der Waals surface area contributed by atoms with Crippen molar-refractivity contribution < 1.29 is 4.79 Å². The predicted molar refractivity (Wildman–Crippen MR) is 61.6 cm³/mol. The van der Waals surface area contributed by atoms with Gasteiger partial charge in [0.1, 0.15) is 0 Å². The Morgan fingerprint density at radius 3 is 3.00 bits per heavy atom. The predicted octanol–water partition coefficient (Wildman–Crippen LogP) is 3.54. The van der Waals surface area contributed by atoms with Crippen molar-refractivity contribution >= 4 is 21.7 Å². The summed E-state index contributed by atoms with van der Waals surface area (Å²) in [5, 5.41) is 0. The van der Waals surface area contributed by atoms with Gasteiger partial charge in [0.25, 0.3) is 0 Å². The summed E-state index contributed by atoms with van der Waals surface area (Å²) in [7, 11) is 0. The lowest BCUT2D eigenvalue weighted by Crippen LogP contribution is -2.13. The van der Waals surface area contributed by atoms with E-state index in [0.29, 0.717) is 17.0 Å². The average Bonchev–Trinajstić information content (AvgIpc) is 2.13. The maximum absolute atomic E-state index is 11.7. The maximum atomic E-state index is 11.7. The highest BCUT2D eigenvalue weighted by molar-refractivity contribution is 9.09. The molecule has 0 radical (unpaired) electrons. The van der Waals surface area contributed by atoms with Crippen molar-refractivity contribution in [1.29, 1.82) is 0 Å². The van der Waals surface area contributed by atoms with Gasteiger partial charge in [-0.15, -0.1) is 0 Å². The zero-order valence-electron chi connectivity index (χ0n) is 8.26. The first-order valence-electron chi connectivity index (χ1n) is 5.33. The second-order valence-corrected chi connectivity index (χ2v) is 5.36. The molecule has 0 bridgehead atoms. The van der Waals surface area contributed by atoms with E-state index in [1.165, 1.54) is 18.4 Å². The number of alkyl halides is 1. The molecule has 2 aliphatic carbocycles. The van der Waals surface area contributed by atoms with Crippen LogP contribution in [-0.4, -0.2) is 10.6 Å². The van der Waals surface area contributed by atoms with Crippen LogP contribution in [0.15, 0.2) is 23.3 Å². The highest BCUT2D eigenvalue weighted by atomic mass is 79.9. The molecule has 1 unspecified atom stereocenters. The third kappa shape index (κ3) is 2.17. The molecule has 1 atom stereocenters. The quantitative estimate of drug-likeness (QED) is 0.605. The number of allylic oxidation sites excluding steroid dienone is 4. The van der Waals surface area contributed by atoms with Crippen molar-refractivity contribution in [2.75, 3.05) is 0 Å². The molecule has 0 aromatic rings. The largest absolute Gasteiger partial charge is 0.294 e. The molecule has 0 aliphatic heterocycles. The van der Waals surface area contributed by atoms with E-state index in [1.54, 1.807) is 0 Å². The molecule has 0 saturated carbocycles. The van der Waals surface area contributed by atoms with Crippen LogP contribution in [0.25, 0.3) is 0 Å². The van der Waals surface area contributed by atoms with Crippen molar-refractivity contribution in [1.82, 2.24) is 0 Å². The van der Waals surface area contributed by atoms with Crippen LogP contribution in [0.4, 0.5) is 0 Å². The lowest BCUT2D eigenvalue weighted by molar-refractivity contribution is -0.115. The Morgan fingerprint density at radius 1 is 1.29 bits per heavy atom. The van der Waals surface area contributed by atoms with Gasteiger partial charge < -0.3 is 0 Å². The Balaban J connectivity index is 2.21. The molecule has 1 nitrogen and oxygen atoms in total. The minimum absolute atomic E-state index is 0.351. The van der Waals surface area contributed by atoms with E-state index in [9.17, 15) is 4.79 Å². The molecule has 2 heteroatoms. The maximum Gasteiger partial charge on any atom is 0.162 e. The van der Waals surface area contributed by atoms with Crippen molar-refractivity contribution in [3.63, 3.8) is 0 Å². The number of hydrogen-bond donors (Lipinski definition) is 0. The van der Waals surface area contributed by atoms with Gasteiger partial charge in [0.15, 0.2) is 5.78 Å². The first kappa shape index (κ1) is 10.2. The van der Waals surface area contributed by atoms with E-state index < -0.39 is 0 Å². The molecule has 14 heavy (non-hydrogen) atoms. The van der Waals surface area contributed by atoms with Gasteiger partial charge in [-0.05, 0) is 43.3 Å². The fourth-order valence-corrected chi connectivity index (χ4v) is 2.76. The monoisotopic (exact) mass is 254 g/mol. The van der Waals surface area contributed by atoms with Crippen LogP contribution >= 0.6 is 15.9 Å². The Morgan fingerprint density at radius 2 is 2.14 bits per heavy atom. The van der Waals surface area contributed by atoms with Gasteiger partial charge >= 0.3 is 0 Å². The molecule has 76 valence electrons. The second kappa shape index (κ2) is 4.43. The molecular formula is C12H15BrO. The van der Waals surface area contributed by atoms with E-state index in [2.05, 4.69) is 22.0 Å². The molecule has 0 fully saturated rings. The number of carbonyl (C=O) groups is 1. The summed E-state index contributed by atoms with van der Waals surface area (Å²) in [6.07, 6.45) is 10.4. The van der Waals surface area contributed by atoms with Crippen LogP contribution in [-0.2, 0) is 4.79 Å². The smallest absolute Gasteiger partial charge is 0.162 e. The highest BCUT2D eigenvalue weighted by Gasteiger charge is 2.19. The molecular weight excluding hydrogens is 240 g/mol. The van der Waals surface area contributed by atoms with E-state index >= 15 is 0 Å². The summed E-state index contributed by atoms with van der Waals surface area (Å²) in [4.78, 5) is 12.3. The summed E-state index contributed by atoms with van der Waals surface area (Å²) >= 11 is 3.66. The molecule has 0 aromatic carbocycles. The van der Waals surface area contributed by atoms with Crippen LogP contribution in [0, 0.1) is 0 Å². The van der Waals surface area contributed by atoms with Crippen LogP contribution in [0.5, 0.6) is 0 Å². The Hall–Kier alpha value is -0.370. The van der Waals surface area contributed by atoms with E-state index in [1.807, 2.05) is 6.08 Å². The second-order valence-electron chi connectivity index (χ2n) is 4.06. The zero-order chi connectivity index (χ0) is 9.97. The number of halogens is 1. The van der Waals surface area contributed by atoms with Gasteiger partial charge in [0.05, 0.1) is 0 Å². The van der Waals surface area contributed by atoms with Gasteiger partial charge in [0.2, 0.25) is 0 Å². The normalized spacial score (nSPS) is 28.4. The van der Waals surface area contributed by atoms with Gasteiger partial charge in [-0.1, -0.05) is 28.1 Å². The van der Waals surface area contributed by atoms with Crippen molar-refractivity contribution in [2.45, 2.75) is 43.4 Å². The number of hydrogen-bond acceptors (Lipinski definition) is 1.